The molecule has 9 heavy (non-hydrogen) atoms. The third-order valence-electron chi connectivity index (χ3n) is 2.02. The van der Waals surface area contributed by atoms with E-state index in [0.717, 1.165) is 12.8 Å². The molecule has 2 heteroatoms. The highest BCUT2D eigenvalue weighted by molar-refractivity contribution is 5.81. The summed E-state index contributed by atoms with van der Waals surface area (Å²) in [5.74, 6) is 0.385. The smallest absolute Gasteiger partial charge is 0.146 e. The van der Waals surface area contributed by atoms with Crippen LogP contribution in [0.25, 0.3) is 0 Å². The normalized spacial score (nSPS) is 30.9. The van der Waals surface area contributed by atoms with Crippen LogP contribution in [0.3, 0.4) is 0 Å². The number of hydrogen-bond donors (Lipinski definition) is 0. The van der Waals surface area contributed by atoms with Crippen LogP contribution in [0, 0.1) is 0 Å². The first kappa shape index (κ1) is 6.75. The SMILES string of the molecule is C[C@H]1CCC(=O)CN1C. The second-order valence-corrected chi connectivity index (χ2v) is 2.84. The topological polar surface area (TPSA) is 20.3 Å². The summed E-state index contributed by atoms with van der Waals surface area (Å²) in [5, 5.41) is 0. The Bertz CT molecular complexity index is 122. The average Bonchev–Trinajstić information content (AvgIpc) is 1.80. The molecule has 1 saturated heterocycles. The van der Waals surface area contributed by atoms with Gasteiger partial charge in [-0.15, -0.1) is 0 Å². The summed E-state index contributed by atoms with van der Waals surface area (Å²) in [5.41, 5.74) is 0. The fourth-order valence-electron chi connectivity index (χ4n) is 1.10. The maximum absolute atomic E-state index is 10.8. The first-order valence-corrected chi connectivity index (χ1v) is 3.42. The first-order chi connectivity index (χ1) is 4.20. The van der Waals surface area contributed by atoms with Crippen LogP contribution in [0.4, 0.5) is 0 Å². The van der Waals surface area contributed by atoms with E-state index >= 15 is 0 Å². The molecule has 0 amide bonds. The minimum atomic E-state index is 0.385. The van der Waals surface area contributed by atoms with Gasteiger partial charge in [0.2, 0.25) is 0 Å². The highest BCUT2D eigenvalue weighted by Gasteiger charge is 2.18. The van der Waals surface area contributed by atoms with Crippen molar-refractivity contribution in [3.8, 4) is 0 Å². The Kier molecular flexibility index (Phi) is 1.86. The largest absolute Gasteiger partial charge is 0.298 e. The fraction of sp³-hybridized carbons (Fsp3) is 0.857. The van der Waals surface area contributed by atoms with Crippen molar-refractivity contribution in [1.29, 1.82) is 0 Å². The standard InChI is InChI=1S/C7H13NO/c1-6-3-4-7(9)5-8(6)2/h6H,3-5H2,1-2H3/t6-/m0/s1. The highest BCUT2D eigenvalue weighted by Crippen LogP contribution is 2.10. The number of rotatable bonds is 0. The number of hydrogen-bond acceptors (Lipinski definition) is 2. The Balaban J connectivity index is 2.44. The number of likely N-dealkylation sites (N-methyl/N-ethyl adjacent to an activating group) is 1. The molecule has 0 N–H and O–H groups in total. The molecule has 0 aromatic carbocycles. The molecule has 1 aliphatic rings. The lowest BCUT2D eigenvalue weighted by Crippen LogP contribution is -2.38. The summed E-state index contributed by atoms with van der Waals surface area (Å²) in [4.78, 5) is 12.9. The number of ketones is 1. The van der Waals surface area contributed by atoms with E-state index in [1.165, 1.54) is 0 Å². The minimum Gasteiger partial charge on any atom is -0.298 e. The number of carbonyl (C=O) groups is 1. The molecule has 0 bridgehead atoms. The summed E-state index contributed by atoms with van der Waals surface area (Å²) in [6.07, 6.45) is 1.82. The van der Waals surface area contributed by atoms with Gasteiger partial charge in [0, 0.05) is 12.5 Å². The van der Waals surface area contributed by atoms with Crippen LogP contribution in [-0.2, 0) is 4.79 Å². The van der Waals surface area contributed by atoms with Gasteiger partial charge in [0.25, 0.3) is 0 Å². The monoisotopic (exact) mass is 127 g/mol. The van der Waals surface area contributed by atoms with Crippen LogP contribution in [0.5, 0.6) is 0 Å². The van der Waals surface area contributed by atoms with Crippen molar-refractivity contribution in [3.05, 3.63) is 0 Å². The number of nitrogens with zero attached hydrogens (tertiary/aromatic N) is 1. The van der Waals surface area contributed by atoms with E-state index < -0.39 is 0 Å². The van der Waals surface area contributed by atoms with Gasteiger partial charge >= 0.3 is 0 Å². The molecule has 0 aromatic heterocycles. The molecule has 0 spiro atoms. The van der Waals surface area contributed by atoms with Crippen molar-refractivity contribution in [2.45, 2.75) is 25.8 Å². The third-order valence-corrected chi connectivity index (χ3v) is 2.02. The van der Waals surface area contributed by atoms with E-state index in [9.17, 15) is 4.79 Å². The zero-order chi connectivity index (χ0) is 6.85. The molecule has 1 heterocycles. The molecule has 1 fully saturated rings. The Hall–Kier alpha value is -0.370. The predicted molar refractivity (Wildman–Crippen MR) is 36.3 cm³/mol. The second-order valence-electron chi connectivity index (χ2n) is 2.84. The van der Waals surface area contributed by atoms with Crippen molar-refractivity contribution >= 4 is 5.78 Å². The van der Waals surface area contributed by atoms with E-state index in [1.807, 2.05) is 7.05 Å². The van der Waals surface area contributed by atoms with Crippen LogP contribution in [0.2, 0.25) is 0 Å². The van der Waals surface area contributed by atoms with Gasteiger partial charge in [0.05, 0.1) is 6.54 Å². The highest BCUT2D eigenvalue weighted by atomic mass is 16.1. The Morgan fingerprint density at radius 2 is 2.33 bits per heavy atom. The quantitative estimate of drug-likeness (QED) is 0.476. The summed E-state index contributed by atoms with van der Waals surface area (Å²) in [7, 11) is 2.00. The number of likely N-dealkylation sites (tertiary alicyclic amines) is 1. The van der Waals surface area contributed by atoms with Crippen LogP contribution in [-0.4, -0.2) is 30.3 Å². The molecule has 0 aromatic rings. The van der Waals surface area contributed by atoms with Crippen molar-refractivity contribution in [2.24, 2.45) is 0 Å². The molecule has 0 unspecified atom stereocenters. The average molecular weight is 127 g/mol. The second kappa shape index (κ2) is 2.48. The zero-order valence-corrected chi connectivity index (χ0v) is 6.05. The molecule has 52 valence electrons. The summed E-state index contributed by atoms with van der Waals surface area (Å²) in [6, 6.07) is 0.600. The lowest BCUT2D eigenvalue weighted by atomic mass is 10.0. The first-order valence-electron chi connectivity index (χ1n) is 3.42. The Morgan fingerprint density at radius 1 is 1.67 bits per heavy atom. The van der Waals surface area contributed by atoms with E-state index in [1.54, 1.807) is 0 Å². The maximum Gasteiger partial charge on any atom is 0.146 e. The van der Waals surface area contributed by atoms with Crippen LogP contribution >= 0.6 is 0 Å². The molecule has 2 nitrogen and oxygen atoms in total. The lowest BCUT2D eigenvalue weighted by Gasteiger charge is -2.28. The van der Waals surface area contributed by atoms with Crippen molar-refractivity contribution in [2.75, 3.05) is 13.6 Å². The molecule has 0 saturated carbocycles. The summed E-state index contributed by atoms with van der Waals surface area (Å²) >= 11 is 0. The molecule has 0 radical (unpaired) electrons. The van der Waals surface area contributed by atoms with Gasteiger partial charge < -0.3 is 0 Å². The van der Waals surface area contributed by atoms with Crippen molar-refractivity contribution in [3.63, 3.8) is 0 Å². The number of Topliss-reactive ketones (excluding diaryl/α,β-unsaturated/α-hetero) is 1. The van der Waals surface area contributed by atoms with E-state index in [4.69, 9.17) is 0 Å². The van der Waals surface area contributed by atoms with Gasteiger partial charge in [-0.2, -0.15) is 0 Å². The zero-order valence-electron chi connectivity index (χ0n) is 6.05. The molecule has 1 atom stereocenters. The Labute approximate surface area is 55.8 Å². The predicted octanol–water partition coefficient (Wildman–Crippen LogP) is 0.670. The summed E-state index contributed by atoms with van der Waals surface area (Å²) < 4.78 is 0. The van der Waals surface area contributed by atoms with Crippen LogP contribution in [0.15, 0.2) is 0 Å². The lowest BCUT2D eigenvalue weighted by molar-refractivity contribution is -0.122. The third kappa shape index (κ3) is 1.52. The number of piperidine rings is 1. The minimum absolute atomic E-state index is 0.385. The molecular formula is C7H13NO. The van der Waals surface area contributed by atoms with Crippen molar-refractivity contribution in [1.82, 2.24) is 4.90 Å². The summed E-state index contributed by atoms with van der Waals surface area (Å²) in [6.45, 7) is 2.81. The van der Waals surface area contributed by atoms with E-state index in [0.29, 0.717) is 18.4 Å². The van der Waals surface area contributed by atoms with Crippen molar-refractivity contribution < 1.29 is 4.79 Å². The van der Waals surface area contributed by atoms with Gasteiger partial charge in [-0.05, 0) is 20.4 Å². The fourth-order valence-corrected chi connectivity index (χ4v) is 1.10. The van der Waals surface area contributed by atoms with E-state index in [-0.39, 0.29) is 0 Å². The van der Waals surface area contributed by atoms with Gasteiger partial charge in [-0.25, -0.2) is 0 Å². The molecule has 1 rings (SSSR count). The molecule has 0 aliphatic carbocycles. The van der Waals surface area contributed by atoms with Crippen LogP contribution < -0.4 is 0 Å². The van der Waals surface area contributed by atoms with Gasteiger partial charge in [-0.3, -0.25) is 9.69 Å². The molecular weight excluding hydrogens is 114 g/mol. The number of carbonyl (C=O) groups excluding carboxylic acids is 1. The van der Waals surface area contributed by atoms with Gasteiger partial charge in [0.1, 0.15) is 5.78 Å². The Morgan fingerprint density at radius 3 is 2.78 bits per heavy atom. The maximum atomic E-state index is 10.8. The van der Waals surface area contributed by atoms with Gasteiger partial charge in [0.15, 0.2) is 0 Å². The van der Waals surface area contributed by atoms with E-state index in [2.05, 4.69) is 11.8 Å². The van der Waals surface area contributed by atoms with Gasteiger partial charge in [-0.1, -0.05) is 0 Å². The molecule has 1 aliphatic heterocycles. The van der Waals surface area contributed by atoms with Crippen LogP contribution in [0.1, 0.15) is 19.8 Å².